The highest BCUT2D eigenvalue weighted by Crippen LogP contribution is 2.24. The molecule has 1 atom stereocenters. The zero-order valence-electron chi connectivity index (χ0n) is 8.77. The van der Waals surface area contributed by atoms with Gasteiger partial charge in [0, 0.05) is 30.3 Å². The third-order valence-corrected chi connectivity index (χ3v) is 3.42. The lowest BCUT2D eigenvalue weighted by molar-refractivity contribution is 0.596. The van der Waals surface area contributed by atoms with E-state index in [-0.39, 0.29) is 0 Å². The van der Waals surface area contributed by atoms with Crippen LogP contribution in [0.15, 0.2) is 18.5 Å². The largest absolute Gasteiger partial charge is 0.338 e. The maximum absolute atomic E-state index is 4.32. The minimum atomic E-state index is 0.643. The Balaban J connectivity index is 2.01. The molecule has 4 heteroatoms. The quantitative estimate of drug-likeness (QED) is 0.787. The lowest BCUT2D eigenvalue weighted by atomic mass is 10.1. The minimum Gasteiger partial charge on any atom is -0.338 e. The fourth-order valence-electron chi connectivity index (χ4n) is 2.15. The maximum Gasteiger partial charge on any atom is 0.225 e. The van der Waals surface area contributed by atoms with Crippen LogP contribution in [0.5, 0.6) is 0 Å². The van der Waals surface area contributed by atoms with Gasteiger partial charge in [-0.2, -0.15) is 0 Å². The van der Waals surface area contributed by atoms with Crippen LogP contribution in [0.25, 0.3) is 0 Å². The zero-order chi connectivity index (χ0) is 10.5. The molecule has 1 unspecified atom stereocenters. The molecule has 1 fully saturated rings. The number of rotatable bonds is 4. The van der Waals surface area contributed by atoms with E-state index in [0.717, 1.165) is 17.8 Å². The van der Waals surface area contributed by atoms with Gasteiger partial charge in [-0.25, -0.2) is 9.97 Å². The Kier molecular flexibility index (Phi) is 3.94. The van der Waals surface area contributed by atoms with Gasteiger partial charge in [0.05, 0.1) is 0 Å². The molecular formula is C11H16BrN3. The van der Waals surface area contributed by atoms with Crippen LogP contribution < -0.4 is 4.90 Å². The molecule has 0 N–H and O–H groups in total. The van der Waals surface area contributed by atoms with E-state index in [9.17, 15) is 0 Å². The Morgan fingerprint density at radius 3 is 2.93 bits per heavy atom. The number of halogens is 1. The molecule has 1 saturated heterocycles. The van der Waals surface area contributed by atoms with E-state index in [0.29, 0.717) is 6.04 Å². The smallest absolute Gasteiger partial charge is 0.225 e. The number of nitrogens with zero attached hydrogens (tertiary/aromatic N) is 3. The van der Waals surface area contributed by atoms with Crippen LogP contribution in [-0.4, -0.2) is 27.9 Å². The molecule has 0 aromatic carbocycles. The molecule has 2 heterocycles. The van der Waals surface area contributed by atoms with E-state index in [1.54, 1.807) is 0 Å². The number of hydrogen-bond donors (Lipinski definition) is 0. The Labute approximate surface area is 99.0 Å². The van der Waals surface area contributed by atoms with Gasteiger partial charge in [0.1, 0.15) is 0 Å². The van der Waals surface area contributed by atoms with E-state index in [2.05, 4.69) is 30.8 Å². The lowest BCUT2D eigenvalue weighted by Crippen LogP contribution is -2.30. The van der Waals surface area contributed by atoms with Gasteiger partial charge < -0.3 is 4.90 Å². The van der Waals surface area contributed by atoms with Crippen molar-refractivity contribution in [3.63, 3.8) is 0 Å². The van der Waals surface area contributed by atoms with Crippen molar-refractivity contribution in [1.82, 2.24) is 9.97 Å². The second kappa shape index (κ2) is 5.45. The third-order valence-electron chi connectivity index (χ3n) is 2.86. The summed E-state index contributed by atoms with van der Waals surface area (Å²) in [7, 11) is 0. The fraction of sp³-hybridized carbons (Fsp3) is 0.636. The van der Waals surface area contributed by atoms with Crippen molar-refractivity contribution in [1.29, 1.82) is 0 Å². The molecule has 1 aromatic rings. The lowest BCUT2D eigenvalue weighted by Gasteiger charge is -2.24. The van der Waals surface area contributed by atoms with Crippen molar-refractivity contribution in [3.8, 4) is 0 Å². The Morgan fingerprint density at radius 1 is 1.40 bits per heavy atom. The summed E-state index contributed by atoms with van der Waals surface area (Å²) in [5, 5.41) is 1.09. The van der Waals surface area contributed by atoms with Gasteiger partial charge in [-0.15, -0.1) is 0 Å². The average molecular weight is 270 g/mol. The van der Waals surface area contributed by atoms with Crippen LogP contribution >= 0.6 is 15.9 Å². The highest BCUT2D eigenvalue weighted by molar-refractivity contribution is 9.09. The van der Waals surface area contributed by atoms with Crippen molar-refractivity contribution in [2.45, 2.75) is 31.7 Å². The predicted octanol–water partition coefficient (Wildman–Crippen LogP) is 2.62. The minimum absolute atomic E-state index is 0.643. The first kappa shape index (κ1) is 10.9. The van der Waals surface area contributed by atoms with E-state index in [1.165, 1.54) is 25.7 Å². The molecule has 1 aliphatic rings. The SMILES string of the molecule is BrCCCC1CCCN1c1ncccn1. The summed E-state index contributed by atoms with van der Waals surface area (Å²) in [5.74, 6) is 0.898. The first-order chi connectivity index (χ1) is 7.42. The van der Waals surface area contributed by atoms with Gasteiger partial charge in [-0.1, -0.05) is 15.9 Å². The van der Waals surface area contributed by atoms with Crippen LogP contribution in [0.1, 0.15) is 25.7 Å². The van der Waals surface area contributed by atoms with Crippen molar-refractivity contribution in [2.24, 2.45) is 0 Å². The van der Waals surface area contributed by atoms with Gasteiger partial charge >= 0.3 is 0 Å². The molecule has 0 radical (unpaired) electrons. The molecule has 1 aromatic heterocycles. The zero-order valence-corrected chi connectivity index (χ0v) is 10.4. The second-order valence-corrected chi connectivity index (χ2v) is 4.66. The van der Waals surface area contributed by atoms with E-state index < -0.39 is 0 Å². The Hall–Kier alpha value is -0.640. The molecule has 0 spiro atoms. The summed E-state index contributed by atoms with van der Waals surface area (Å²) >= 11 is 3.48. The first-order valence-electron chi connectivity index (χ1n) is 5.51. The molecule has 1 aliphatic heterocycles. The van der Waals surface area contributed by atoms with E-state index in [1.807, 2.05) is 18.5 Å². The fourth-order valence-corrected chi connectivity index (χ4v) is 2.48. The predicted molar refractivity (Wildman–Crippen MR) is 65.4 cm³/mol. The molecule has 2 rings (SSSR count). The van der Waals surface area contributed by atoms with Crippen molar-refractivity contribution >= 4 is 21.9 Å². The van der Waals surface area contributed by atoms with Crippen molar-refractivity contribution in [3.05, 3.63) is 18.5 Å². The maximum atomic E-state index is 4.32. The van der Waals surface area contributed by atoms with Crippen LogP contribution in [0, 0.1) is 0 Å². The monoisotopic (exact) mass is 269 g/mol. The number of aromatic nitrogens is 2. The normalized spacial score (nSPS) is 20.9. The van der Waals surface area contributed by atoms with Crippen LogP contribution in [0.2, 0.25) is 0 Å². The summed E-state index contributed by atoms with van der Waals surface area (Å²) in [6.45, 7) is 1.11. The van der Waals surface area contributed by atoms with Gasteiger partial charge in [-0.05, 0) is 31.7 Å². The average Bonchev–Trinajstić information content (AvgIpc) is 2.75. The molecule has 3 nitrogen and oxygen atoms in total. The molecule has 0 aliphatic carbocycles. The van der Waals surface area contributed by atoms with Gasteiger partial charge in [0.2, 0.25) is 5.95 Å². The van der Waals surface area contributed by atoms with Crippen LogP contribution in [-0.2, 0) is 0 Å². The molecular weight excluding hydrogens is 254 g/mol. The summed E-state index contributed by atoms with van der Waals surface area (Å²) in [5.41, 5.74) is 0. The summed E-state index contributed by atoms with van der Waals surface area (Å²) in [6.07, 6.45) is 8.67. The Bertz CT molecular complexity index is 291. The van der Waals surface area contributed by atoms with Gasteiger partial charge in [0.15, 0.2) is 0 Å². The molecule has 15 heavy (non-hydrogen) atoms. The van der Waals surface area contributed by atoms with Crippen LogP contribution in [0.3, 0.4) is 0 Å². The number of hydrogen-bond acceptors (Lipinski definition) is 3. The highest BCUT2D eigenvalue weighted by Gasteiger charge is 2.25. The van der Waals surface area contributed by atoms with Crippen molar-refractivity contribution in [2.75, 3.05) is 16.8 Å². The highest BCUT2D eigenvalue weighted by atomic mass is 79.9. The van der Waals surface area contributed by atoms with Crippen molar-refractivity contribution < 1.29 is 0 Å². The molecule has 82 valence electrons. The second-order valence-electron chi connectivity index (χ2n) is 3.87. The third kappa shape index (κ3) is 2.68. The van der Waals surface area contributed by atoms with E-state index in [4.69, 9.17) is 0 Å². The molecule has 0 amide bonds. The topological polar surface area (TPSA) is 29.0 Å². The number of alkyl halides is 1. The van der Waals surface area contributed by atoms with Crippen LogP contribution in [0.4, 0.5) is 5.95 Å². The first-order valence-corrected chi connectivity index (χ1v) is 6.63. The summed E-state index contributed by atoms with van der Waals surface area (Å²) < 4.78 is 0. The number of anilines is 1. The summed E-state index contributed by atoms with van der Waals surface area (Å²) in [4.78, 5) is 11.0. The van der Waals surface area contributed by atoms with E-state index >= 15 is 0 Å². The molecule has 0 bridgehead atoms. The Morgan fingerprint density at radius 2 is 2.20 bits per heavy atom. The summed E-state index contributed by atoms with van der Waals surface area (Å²) in [6, 6.07) is 2.51. The van der Waals surface area contributed by atoms with Gasteiger partial charge in [0.25, 0.3) is 0 Å². The standard InChI is InChI=1S/C11H16BrN3/c12-6-1-4-10-5-2-9-15(10)11-13-7-3-8-14-11/h3,7-8,10H,1-2,4-6,9H2. The van der Waals surface area contributed by atoms with Gasteiger partial charge in [-0.3, -0.25) is 0 Å². The molecule has 0 saturated carbocycles.